The van der Waals surface area contributed by atoms with E-state index in [1.54, 1.807) is 6.07 Å². The van der Waals surface area contributed by atoms with Crippen molar-refractivity contribution in [1.82, 2.24) is 0 Å². The van der Waals surface area contributed by atoms with E-state index >= 15 is 0 Å². The number of carbonyl (C=O) groups is 2. The number of hydrogen-bond donors (Lipinski definition) is 1. The Bertz CT molecular complexity index is 837. The van der Waals surface area contributed by atoms with Crippen LogP contribution in [0, 0.1) is 6.92 Å². The molecule has 0 saturated carbocycles. The highest BCUT2D eigenvalue weighted by Gasteiger charge is 2.19. The van der Waals surface area contributed by atoms with Crippen LogP contribution in [-0.2, 0) is 9.53 Å². The van der Waals surface area contributed by atoms with Crippen molar-refractivity contribution in [3.63, 3.8) is 0 Å². The molecule has 2 aromatic rings. The van der Waals surface area contributed by atoms with Crippen LogP contribution >= 0.6 is 11.6 Å². The van der Waals surface area contributed by atoms with Gasteiger partial charge in [-0.15, -0.1) is 0 Å². The first-order valence-corrected chi connectivity index (χ1v) is 8.53. The van der Waals surface area contributed by atoms with Gasteiger partial charge in [-0.25, -0.2) is 4.79 Å². The third kappa shape index (κ3) is 4.46. The van der Waals surface area contributed by atoms with E-state index < -0.39 is 18.5 Å². The molecule has 2 aromatic carbocycles. The average molecular weight is 376 g/mol. The largest absolute Gasteiger partial charge is 0.489 e. The van der Waals surface area contributed by atoms with Crippen molar-refractivity contribution < 1.29 is 23.8 Å². The molecule has 0 aliphatic carbocycles. The molecule has 0 saturated heterocycles. The Balaban J connectivity index is 1.62. The minimum absolute atomic E-state index is 0.197. The summed E-state index contributed by atoms with van der Waals surface area (Å²) in [4.78, 5) is 24.2. The van der Waals surface area contributed by atoms with Crippen molar-refractivity contribution in [2.24, 2.45) is 0 Å². The van der Waals surface area contributed by atoms with Crippen LogP contribution in [0.15, 0.2) is 36.4 Å². The zero-order valence-corrected chi connectivity index (χ0v) is 15.0. The molecular weight excluding hydrogens is 358 g/mol. The molecule has 6 nitrogen and oxygen atoms in total. The van der Waals surface area contributed by atoms with E-state index in [-0.39, 0.29) is 10.6 Å². The summed E-state index contributed by atoms with van der Waals surface area (Å²) in [5.74, 6) is -0.282. The third-order valence-corrected chi connectivity index (χ3v) is 3.95. The smallest absolute Gasteiger partial charge is 0.338 e. The number of rotatable bonds is 4. The standard InChI is InChI=1S/C19H18ClNO5/c1-12-4-2-5-14(8-12)21-17(22)11-26-19(23)13-9-15(20)18-16(10-13)24-6-3-7-25-18/h2,4-5,8-10H,3,6-7,11H2,1H3,(H,21,22). The van der Waals surface area contributed by atoms with Crippen molar-refractivity contribution in [2.75, 3.05) is 25.1 Å². The van der Waals surface area contributed by atoms with Crippen LogP contribution in [0.5, 0.6) is 11.5 Å². The molecule has 0 atom stereocenters. The SMILES string of the molecule is Cc1cccc(NC(=O)COC(=O)c2cc(Cl)c3c(c2)OCCCO3)c1. The fourth-order valence-corrected chi connectivity index (χ4v) is 2.75. The fourth-order valence-electron chi connectivity index (χ4n) is 2.48. The maximum Gasteiger partial charge on any atom is 0.338 e. The number of hydrogen-bond acceptors (Lipinski definition) is 5. The molecule has 26 heavy (non-hydrogen) atoms. The first-order valence-electron chi connectivity index (χ1n) is 8.16. The lowest BCUT2D eigenvalue weighted by atomic mass is 10.2. The number of ether oxygens (including phenoxy) is 3. The topological polar surface area (TPSA) is 73.9 Å². The van der Waals surface area contributed by atoms with Crippen molar-refractivity contribution in [2.45, 2.75) is 13.3 Å². The fraction of sp³-hybridized carbons (Fsp3) is 0.263. The summed E-state index contributed by atoms with van der Waals surface area (Å²) in [7, 11) is 0. The highest BCUT2D eigenvalue weighted by molar-refractivity contribution is 6.32. The molecule has 0 aromatic heterocycles. The molecule has 0 radical (unpaired) electrons. The molecular formula is C19H18ClNO5. The number of aryl methyl sites for hydroxylation is 1. The predicted molar refractivity (Wildman–Crippen MR) is 97.2 cm³/mol. The van der Waals surface area contributed by atoms with Crippen LogP contribution in [0.4, 0.5) is 5.69 Å². The van der Waals surface area contributed by atoms with Crippen LogP contribution in [0.1, 0.15) is 22.3 Å². The Labute approximate surface area is 156 Å². The van der Waals surface area contributed by atoms with Crippen molar-refractivity contribution >= 4 is 29.2 Å². The first-order chi connectivity index (χ1) is 12.5. The molecule has 1 aliphatic rings. The van der Waals surface area contributed by atoms with Gasteiger partial charge in [0.05, 0.1) is 23.8 Å². The van der Waals surface area contributed by atoms with Gasteiger partial charge in [-0.1, -0.05) is 23.7 Å². The second kappa shape index (κ2) is 8.10. The lowest BCUT2D eigenvalue weighted by Crippen LogP contribution is -2.21. The van der Waals surface area contributed by atoms with E-state index in [4.69, 9.17) is 25.8 Å². The van der Waals surface area contributed by atoms with E-state index in [2.05, 4.69) is 5.32 Å². The summed E-state index contributed by atoms with van der Waals surface area (Å²) < 4.78 is 16.1. The Morgan fingerprint density at radius 2 is 2.00 bits per heavy atom. The van der Waals surface area contributed by atoms with E-state index in [0.29, 0.717) is 30.4 Å². The minimum Gasteiger partial charge on any atom is -0.489 e. The van der Waals surface area contributed by atoms with E-state index in [0.717, 1.165) is 12.0 Å². The lowest BCUT2D eigenvalue weighted by Gasteiger charge is -2.11. The van der Waals surface area contributed by atoms with Crippen molar-refractivity contribution in [3.8, 4) is 11.5 Å². The maximum atomic E-state index is 12.2. The summed E-state index contributed by atoms with van der Waals surface area (Å²) in [6, 6.07) is 10.3. The van der Waals surface area contributed by atoms with E-state index in [9.17, 15) is 9.59 Å². The highest BCUT2D eigenvalue weighted by Crippen LogP contribution is 2.38. The zero-order valence-electron chi connectivity index (χ0n) is 14.2. The molecule has 7 heteroatoms. The number of nitrogens with one attached hydrogen (secondary N) is 1. The van der Waals surface area contributed by atoms with Gasteiger partial charge in [0.1, 0.15) is 0 Å². The highest BCUT2D eigenvalue weighted by atomic mass is 35.5. The van der Waals surface area contributed by atoms with E-state index in [1.807, 2.05) is 25.1 Å². The number of fused-ring (bicyclic) bond motifs is 1. The Morgan fingerprint density at radius 1 is 1.19 bits per heavy atom. The first kappa shape index (κ1) is 18.1. The van der Waals surface area contributed by atoms with Crippen LogP contribution < -0.4 is 14.8 Å². The van der Waals surface area contributed by atoms with Crippen molar-refractivity contribution in [3.05, 3.63) is 52.5 Å². The lowest BCUT2D eigenvalue weighted by molar-refractivity contribution is -0.119. The van der Waals surface area contributed by atoms with Crippen LogP contribution in [0.2, 0.25) is 5.02 Å². The summed E-state index contributed by atoms with van der Waals surface area (Å²) in [6.45, 7) is 2.48. The monoisotopic (exact) mass is 375 g/mol. The normalized spacial score (nSPS) is 12.8. The van der Waals surface area contributed by atoms with Gasteiger partial charge in [-0.3, -0.25) is 4.79 Å². The third-order valence-electron chi connectivity index (χ3n) is 3.67. The van der Waals surface area contributed by atoms with Gasteiger partial charge in [0.2, 0.25) is 0 Å². The molecule has 0 bridgehead atoms. The maximum absolute atomic E-state index is 12.2. The second-order valence-corrected chi connectivity index (χ2v) is 6.24. The minimum atomic E-state index is -0.665. The van der Waals surface area contributed by atoms with Crippen molar-refractivity contribution in [1.29, 1.82) is 0 Å². The quantitative estimate of drug-likeness (QED) is 0.826. The number of carbonyl (C=O) groups excluding carboxylic acids is 2. The molecule has 3 rings (SSSR count). The van der Waals surface area contributed by atoms with Gasteiger partial charge in [0, 0.05) is 12.1 Å². The van der Waals surface area contributed by atoms with Gasteiger partial charge in [0.15, 0.2) is 18.1 Å². The Morgan fingerprint density at radius 3 is 2.81 bits per heavy atom. The number of amides is 1. The van der Waals surface area contributed by atoms with E-state index in [1.165, 1.54) is 12.1 Å². The van der Waals surface area contributed by atoms with Gasteiger partial charge in [-0.05, 0) is 36.8 Å². The summed E-state index contributed by atoms with van der Waals surface area (Å²) in [5.41, 5.74) is 1.86. The summed E-state index contributed by atoms with van der Waals surface area (Å²) in [5, 5.41) is 2.94. The van der Waals surface area contributed by atoms with Gasteiger partial charge in [0.25, 0.3) is 5.91 Å². The van der Waals surface area contributed by atoms with Crippen LogP contribution in [0.3, 0.4) is 0 Å². The number of benzene rings is 2. The van der Waals surface area contributed by atoms with Crippen LogP contribution in [0.25, 0.3) is 0 Å². The zero-order chi connectivity index (χ0) is 18.5. The molecule has 0 unspecified atom stereocenters. The number of esters is 1. The van der Waals surface area contributed by atoms with Gasteiger partial charge in [-0.2, -0.15) is 0 Å². The van der Waals surface area contributed by atoms with Gasteiger partial charge >= 0.3 is 5.97 Å². The Hall–Kier alpha value is -2.73. The Kier molecular flexibility index (Phi) is 5.63. The predicted octanol–water partition coefficient (Wildman–Crippen LogP) is 3.61. The average Bonchev–Trinajstić information content (AvgIpc) is 2.85. The molecule has 1 amide bonds. The van der Waals surface area contributed by atoms with Crippen LogP contribution in [-0.4, -0.2) is 31.7 Å². The number of anilines is 1. The molecule has 1 aliphatic heterocycles. The molecule has 0 spiro atoms. The summed E-state index contributed by atoms with van der Waals surface area (Å²) >= 11 is 6.16. The molecule has 1 N–H and O–H groups in total. The second-order valence-electron chi connectivity index (χ2n) is 5.83. The summed E-state index contributed by atoms with van der Waals surface area (Å²) in [6.07, 6.45) is 0.726. The molecule has 136 valence electrons. The van der Waals surface area contributed by atoms with Gasteiger partial charge < -0.3 is 19.5 Å². The number of halogens is 1. The molecule has 0 fully saturated rings. The molecule has 1 heterocycles.